The summed E-state index contributed by atoms with van der Waals surface area (Å²) < 4.78 is 0. The quantitative estimate of drug-likeness (QED) is 0.652. The molecule has 0 saturated heterocycles. The lowest BCUT2D eigenvalue weighted by molar-refractivity contribution is -0.125. The molecule has 1 aliphatic heterocycles. The van der Waals surface area contributed by atoms with Crippen LogP contribution in [-0.2, 0) is 9.59 Å². The lowest BCUT2D eigenvalue weighted by Gasteiger charge is -2.42. The Morgan fingerprint density at radius 3 is 2.75 bits per heavy atom. The molecule has 0 atom stereocenters. The van der Waals surface area contributed by atoms with Gasteiger partial charge in [-0.3, -0.25) is 19.3 Å². The minimum Gasteiger partial charge on any atom is -0.322 e. The second-order valence-electron chi connectivity index (χ2n) is 5.79. The van der Waals surface area contributed by atoms with Gasteiger partial charge in [-0.1, -0.05) is 23.9 Å². The number of hydrogen-bond acceptors (Lipinski definition) is 5. The lowest BCUT2D eigenvalue weighted by atomic mass is 9.96. The Morgan fingerprint density at radius 2 is 2.00 bits per heavy atom. The fourth-order valence-corrected chi connectivity index (χ4v) is 3.22. The van der Waals surface area contributed by atoms with Gasteiger partial charge in [0, 0.05) is 12.3 Å². The Kier molecular flexibility index (Phi) is 4.15. The summed E-state index contributed by atoms with van der Waals surface area (Å²) in [5.74, 6) is -0.428. The third-order valence-electron chi connectivity index (χ3n) is 3.74. The average molecular weight is 344 g/mol. The first-order valence-electron chi connectivity index (χ1n) is 7.31. The molecule has 0 aliphatic carbocycles. The second-order valence-corrected chi connectivity index (χ2v) is 6.75. The Labute approximate surface area is 142 Å². The van der Waals surface area contributed by atoms with Crippen molar-refractivity contribution in [2.75, 3.05) is 16.0 Å². The number of amides is 2. The molecule has 0 fully saturated rings. The highest BCUT2D eigenvalue weighted by Crippen LogP contribution is 2.37. The molecule has 0 bridgehead atoms. The van der Waals surface area contributed by atoms with E-state index in [9.17, 15) is 14.4 Å². The average Bonchev–Trinajstić information content (AvgIpc) is 2.54. The summed E-state index contributed by atoms with van der Waals surface area (Å²) in [6.45, 7) is 3.40. The van der Waals surface area contributed by atoms with E-state index in [1.54, 1.807) is 32.0 Å². The molecule has 124 valence electrons. The van der Waals surface area contributed by atoms with Crippen LogP contribution < -0.4 is 15.8 Å². The second kappa shape index (κ2) is 6.12. The van der Waals surface area contributed by atoms with E-state index >= 15 is 0 Å². The van der Waals surface area contributed by atoms with Crippen LogP contribution in [0.4, 0.5) is 11.4 Å². The number of aromatic nitrogens is 2. The number of nitrogens with one attached hydrogen (secondary N) is 2. The zero-order valence-corrected chi connectivity index (χ0v) is 14.0. The van der Waals surface area contributed by atoms with Crippen molar-refractivity contribution in [3.05, 3.63) is 46.9 Å². The van der Waals surface area contributed by atoms with Crippen molar-refractivity contribution in [3.63, 3.8) is 0 Å². The van der Waals surface area contributed by atoms with Crippen molar-refractivity contribution in [1.82, 2.24) is 9.97 Å². The number of carbonyl (C=O) groups excluding carboxylic acids is 2. The molecule has 2 amide bonds. The topological polar surface area (TPSA) is 95.2 Å². The molecule has 2 aromatic rings. The van der Waals surface area contributed by atoms with Gasteiger partial charge in [0.25, 0.3) is 5.56 Å². The maximum atomic E-state index is 12.8. The number of fused-ring (bicyclic) bond motifs is 1. The van der Waals surface area contributed by atoms with E-state index in [1.165, 1.54) is 17.2 Å². The standard InChI is InChI=1S/C16H16N4O3S/c1-16(2)14(23)18-10-5-3-4-6-11(10)20(16)13(22)9-24-15-17-8-7-12(21)19-15/h3-8H,9H2,1-2H3,(H,18,23)(H,17,19,21). The van der Waals surface area contributed by atoms with E-state index in [4.69, 9.17) is 0 Å². The van der Waals surface area contributed by atoms with Crippen LogP contribution in [0.3, 0.4) is 0 Å². The summed E-state index contributed by atoms with van der Waals surface area (Å²) in [5, 5.41) is 3.18. The van der Waals surface area contributed by atoms with Gasteiger partial charge in [0.15, 0.2) is 5.16 Å². The first-order valence-corrected chi connectivity index (χ1v) is 8.30. The maximum absolute atomic E-state index is 12.8. The number of hydrogen-bond donors (Lipinski definition) is 2. The Morgan fingerprint density at radius 1 is 1.25 bits per heavy atom. The Hall–Kier alpha value is -2.61. The summed E-state index contributed by atoms with van der Waals surface area (Å²) in [7, 11) is 0. The van der Waals surface area contributed by atoms with Crippen LogP contribution in [0.2, 0.25) is 0 Å². The molecule has 2 N–H and O–H groups in total. The molecule has 0 spiro atoms. The molecule has 0 saturated carbocycles. The van der Waals surface area contributed by atoms with Crippen molar-refractivity contribution >= 4 is 35.0 Å². The fourth-order valence-electron chi connectivity index (χ4n) is 2.52. The van der Waals surface area contributed by atoms with Gasteiger partial charge >= 0.3 is 0 Å². The zero-order valence-electron chi connectivity index (χ0n) is 13.2. The number of aromatic amines is 1. The summed E-state index contributed by atoms with van der Waals surface area (Å²) in [5.41, 5.74) is -0.0274. The number of benzene rings is 1. The van der Waals surface area contributed by atoms with Gasteiger partial charge in [-0.15, -0.1) is 0 Å². The first-order chi connectivity index (χ1) is 11.4. The molecule has 0 unspecified atom stereocenters. The van der Waals surface area contributed by atoms with Crippen molar-refractivity contribution in [2.24, 2.45) is 0 Å². The Bertz CT molecular complexity index is 862. The van der Waals surface area contributed by atoms with Crippen LogP contribution in [0.15, 0.2) is 46.5 Å². The normalized spacial score (nSPS) is 15.6. The molecule has 2 heterocycles. The first kappa shape index (κ1) is 16.3. The van der Waals surface area contributed by atoms with Crippen molar-refractivity contribution in [2.45, 2.75) is 24.5 Å². The third-order valence-corrected chi connectivity index (χ3v) is 4.61. The minimum absolute atomic E-state index is 0.0536. The van der Waals surface area contributed by atoms with Crippen molar-refractivity contribution < 1.29 is 9.59 Å². The van der Waals surface area contributed by atoms with Gasteiger partial charge < -0.3 is 10.3 Å². The number of rotatable bonds is 3. The van der Waals surface area contributed by atoms with Gasteiger partial charge in [-0.2, -0.15) is 0 Å². The number of thioether (sulfide) groups is 1. The summed E-state index contributed by atoms with van der Waals surface area (Å²) in [6, 6.07) is 8.47. The molecule has 1 aromatic heterocycles. The lowest BCUT2D eigenvalue weighted by Crippen LogP contribution is -2.59. The van der Waals surface area contributed by atoms with Crippen LogP contribution >= 0.6 is 11.8 Å². The van der Waals surface area contributed by atoms with Crippen LogP contribution in [-0.4, -0.2) is 33.1 Å². The van der Waals surface area contributed by atoms with Crippen molar-refractivity contribution in [3.8, 4) is 0 Å². The predicted octanol–water partition coefficient (Wildman–Crippen LogP) is 1.63. The number of anilines is 2. The van der Waals surface area contributed by atoms with Crippen molar-refractivity contribution in [1.29, 1.82) is 0 Å². The van der Waals surface area contributed by atoms with Gasteiger partial charge in [0.1, 0.15) is 5.54 Å². The molecular weight excluding hydrogens is 328 g/mol. The largest absolute Gasteiger partial charge is 0.322 e. The van der Waals surface area contributed by atoms with Crippen LogP contribution in [0, 0.1) is 0 Å². The van der Waals surface area contributed by atoms with Crippen LogP contribution in [0.25, 0.3) is 0 Å². The highest BCUT2D eigenvalue weighted by Gasteiger charge is 2.43. The molecule has 24 heavy (non-hydrogen) atoms. The van der Waals surface area contributed by atoms with E-state index < -0.39 is 5.54 Å². The molecule has 1 aromatic carbocycles. The minimum atomic E-state index is -1.01. The molecule has 7 nitrogen and oxygen atoms in total. The van der Waals surface area contributed by atoms with E-state index in [0.717, 1.165) is 11.8 Å². The predicted molar refractivity (Wildman–Crippen MR) is 92.2 cm³/mol. The molecular formula is C16H16N4O3S. The number of H-pyrrole nitrogens is 1. The zero-order chi connectivity index (χ0) is 17.3. The fraction of sp³-hybridized carbons (Fsp3) is 0.250. The number of carbonyl (C=O) groups is 2. The van der Waals surface area contributed by atoms with E-state index in [1.807, 2.05) is 6.07 Å². The summed E-state index contributed by atoms with van der Waals surface area (Å²) in [4.78, 5) is 44.5. The van der Waals surface area contributed by atoms with Crippen LogP contribution in [0.5, 0.6) is 0 Å². The molecule has 0 radical (unpaired) electrons. The Balaban J connectivity index is 1.87. The van der Waals surface area contributed by atoms with E-state index in [0.29, 0.717) is 16.5 Å². The van der Waals surface area contributed by atoms with Gasteiger partial charge in [0.05, 0.1) is 17.1 Å². The van der Waals surface area contributed by atoms with E-state index in [-0.39, 0.29) is 23.1 Å². The monoisotopic (exact) mass is 344 g/mol. The SMILES string of the molecule is CC1(C)C(=O)Nc2ccccc2N1C(=O)CSc1nccc(=O)[nH]1. The van der Waals surface area contributed by atoms with Crippen LogP contribution in [0.1, 0.15) is 13.8 Å². The molecule has 3 rings (SSSR count). The van der Waals surface area contributed by atoms with Gasteiger partial charge in [0.2, 0.25) is 11.8 Å². The molecule has 8 heteroatoms. The number of nitrogens with zero attached hydrogens (tertiary/aromatic N) is 2. The summed E-state index contributed by atoms with van der Waals surface area (Å²) >= 11 is 1.12. The smallest absolute Gasteiger partial charge is 0.251 e. The highest BCUT2D eigenvalue weighted by atomic mass is 32.2. The highest BCUT2D eigenvalue weighted by molar-refractivity contribution is 7.99. The number of para-hydroxylation sites is 2. The third kappa shape index (κ3) is 2.92. The summed E-state index contributed by atoms with van der Waals surface area (Å²) in [6.07, 6.45) is 1.39. The maximum Gasteiger partial charge on any atom is 0.251 e. The van der Waals surface area contributed by atoms with Gasteiger partial charge in [-0.25, -0.2) is 4.98 Å². The molecule has 1 aliphatic rings. The van der Waals surface area contributed by atoms with Gasteiger partial charge in [-0.05, 0) is 26.0 Å². The van der Waals surface area contributed by atoms with E-state index in [2.05, 4.69) is 15.3 Å².